The molecule has 1 aromatic heterocycles. The largest absolute Gasteiger partial charge is 0.376 e. The predicted octanol–water partition coefficient (Wildman–Crippen LogP) is 2.87. The summed E-state index contributed by atoms with van der Waals surface area (Å²) in [6, 6.07) is 9.00. The van der Waals surface area contributed by atoms with Crippen LogP contribution in [0.2, 0.25) is 0 Å². The first kappa shape index (κ1) is 22.6. The van der Waals surface area contributed by atoms with E-state index in [4.69, 9.17) is 9.73 Å². The van der Waals surface area contributed by atoms with Crippen LogP contribution in [0.15, 0.2) is 29.3 Å². The van der Waals surface area contributed by atoms with Crippen molar-refractivity contribution in [2.75, 3.05) is 38.2 Å². The number of aliphatic imine (C=N–C) groups is 1. The van der Waals surface area contributed by atoms with Crippen molar-refractivity contribution in [3.63, 3.8) is 0 Å². The minimum atomic E-state index is 0.259. The van der Waals surface area contributed by atoms with Crippen LogP contribution in [0.1, 0.15) is 49.3 Å². The normalized spacial score (nSPS) is 19.4. The number of guanidine groups is 1. The maximum absolute atomic E-state index is 5.79. The monoisotopic (exact) mass is 439 g/mol. The van der Waals surface area contributed by atoms with Gasteiger partial charge >= 0.3 is 0 Å². The lowest BCUT2D eigenvalue weighted by Crippen LogP contribution is -2.42. The van der Waals surface area contributed by atoms with Gasteiger partial charge in [0.15, 0.2) is 11.8 Å². The summed E-state index contributed by atoms with van der Waals surface area (Å²) in [7, 11) is 4.06. The number of ether oxygens (including phenoxy) is 1. The molecule has 0 aliphatic carbocycles. The maximum atomic E-state index is 5.79. The molecule has 0 radical (unpaired) electrons. The quantitative estimate of drug-likeness (QED) is 0.528. The molecule has 2 fully saturated rings. The summed E-state index contributed by atoms with van der Waals surface area (Å²) in [6.07, 6.45) is 6.45. The first-order chi connectivity index (χ1) is 15.6. The van der Waals surface area contributed by atoms with Crippen molar-refractivity contribution in [3.8, 4) is 0 Å². The molecule has 0 bridgehead atoms. The van der Waals surface area contributed by atoms with E-state index >= 15 is 0 Å². The molecule has 174 valence electrons. The van der Waals surface area contributed by atoms with Gasteiger partial charge in [0.05, 0.1) is 6.10 Å². The summed E-state index contributed by atoms with van der Waals surface area (Å²) >= 11 is 0. The highest BCUT2D eigenvalue weighted by Crippen LogP contribution is 2.20. The summed E-state index contributed by atoms with van der Waals surface area (Å²) in [5.41, 5.74) is 2.61. The lowest BCUT2D eigenvalue weighted by Gasteiger charge is -2.29. The summed E-state index contributed by atoms with van der Waals surface area (Å²) < 4.78 is 7.78. The van der Waals surface area contributed by atoms with Gasteiger partial charge in [0.2, 0.25) is 0 Å². The molecule has 0 saturated carbocycles. The molecular weight excluding hydrogens is 402 g/mol. The number of hydrogen-bond donors (Lipinski definition) is 1. The average molecular weight is 440 g/mol. The number of nitrogens with zero attached hydrogens (tertiary/aromatic N) is 6. The Morgan fingerprint density at radius 3 is 2.59 bits per heavy atom. The molecule has 32 heavy (non-hydrogen) atoms. The van der Waals surface area contributed by atoms with Crippen LogP contribution < -0.4 is 10.2 Å². The van der Waals surface area contributed by atoms with Gasteiger partial charge in [0.1, 0.15) is 12.4 Å². The van der Waals surface area contributed by atoms with Crippen LogP contribution in [0, 0.1) is 6.92 Å². The van der Waals surface area contributed by atoms with Gasteiger partial charge in [-0.2, -0.15) is 0 Å². The first-order valence-corrected chi connectivity index (χ1v) is 11.9. The number of benzene rings is 1. The fraction of sp³-hybridized carbons (Fsp3) is 0.625. The molecule has 1 atom stereocenters. The molecule has 4 rings (SSSR count). The van der Waals surface area contributed by atoms with E-state index in [9.17, 15) is 0 Å². The molecule has 2 saturated heterocycles. The highest BCUT2D eigenvalue weighted by Gasteiger charge is 2.17. The summed E-state index contributed by atoms with van der Waals surface area (Å²) in [6.45, 7) is 7.20. The molecular formula is C24H37N7O. The average Bonchev–Trinajstić information content (AvgIpc) is 3.45. The Balaban J connectivity index is 1.41. The molecule has 8 heteroatoms. The SMILES string of the molecule is Cc1nnc(CN=C(NCC2CCCO2)N(C)Cc2ccc(N3CCCCC3)cc2)n1C. The van der Waals surface area contributed by atoms with E-state index in [1.165, 1.54) is 43.6 Å². The molecule has 1 N–H and O–H groups in total. The number of rotatable bonds is 7. The molecule has 2 aliphatic heterocycles. The highest BCUT2D eigenvalue weighted by molar-refractivity contribution is 5.79. The van der Waals surface area contributed by atoms with Crippen molar-refractivity contribution in [2.45, 2.75) is 58.2 Å². The Labute approximate surface area is 191 Å². The Morgan fingerprint density at radius 2 is 1.94 bits per heavy atom. The van der Waals surface area contributed by atoms with Crippen LogP contribution in [0.3, 0.4) is 0 Å². The van der Waals surface area contributed by atoms with Crippen LogP contribution in [0.25, 0.3) is 0 Å². The number of anilines is 1. The minimum absolute atomic E-state index is 0.259. The third kappa shape index (κ3) is 5.79. The van der Waals surface area contributed by atoms with Gasteiger partial charge in [0.25, 0.3) is 0 Å². The molecule has 0 amide bonds. The molecule has 8 nitrogen and oxygen atoms in total. The highest BCUT2D eigenvalue weighted by atomic mass is 16.5. The van der Waals surface area contributed by atoms with Gasteiger partial charge in [-0.25, -0.2) is 4.99 Å². The van der Waals surface area contributed by atoms with Crippen LogP contribution in [0.4, 0.5) is 5.69 Å². The van der Waals surface area contributed by atoms with Crippen LogP contribution in [0.5, 0.6) is 0 Å². The van der Waals surface area contributed by atoms with Gasteiger partial charge in [-0.15, -0.1) is 10.2 Å². The standard InChI is InChI=1S/C24H37N7O/c1-19-27-28-23(30(19)3)17-26-24(25-16-22-8-7-15-32-22)29(2)18-20-9-11-21(12-10-20)31-13-5-4-6-14-31/h9-12,22H,4-8,13-18H2,1-3H3,(H,25,26). The Morgan fingerprint density at radius 1 is 1.16 bits per heavy atom. The lowest BCUT2D eigenvalue weighted by molar-refractivity contribution is 0.113. The van der Waals surface area contributed by atoms with Crippen LogP contribution in [-0.2, 0) is 24.9 Å². The van der Waals surface area contributed by atoms with Gasteiger partial charge in [0, 0.05) is 52.6 Å². The lowest BCUT2D eigenvalue weighted by atomic mass is 10.1. The van der Waals surface area contributed by atoms with Crippen molar-refractivity contribution >= 4 is 11.6 Å². The zero-order chi connectivity index (χ0) is 22.3. The van der Waals surface area contributed by atoms with E-state index in [1.807, 2.05) is 18.5 Å². The number of piperidine rings is 1. The number of hydrogen-bond acceptors (Lipinski definition) is 5. The number of aryl methyl sites for hydroxylation is 1. The van der Waals surface area contributed by atoms with E-state index in [-0.39, 0.29) is 6.10 Å². The summed E-state index contributed by atoms with van der Waals surface area (Å²) in [4.78, 5) is 9.53. The maximum Gasteiger partial charge on any atom is 0.194 e. The number of aromatic nitrogens is 3. The van der Waals surface area contributed by atoms with Crippen molar-refractivity contribution in [3.05, 3.63) is 41.5 Å². The van der Waals surface area contributed by atoms with E-state index < -0.39 is 0 Å². The third-order valence-corrected chi connectivity index (χ3v) is 6.50. The van der Waals surface area contributed by atoms with Crippen molar-refractivity contribution in [1.82, 2.24) is 25.0 Å². The van der Waals surface area contributed by atoms with E-state index in [2.05, 4.69) is 56.6 Å². The molecule has 2 aromatic rings. The van der Waals surface area contributed by atoms with E-state index in [0.29, 0.717) is 6.54 Å². The Hall–Kier alpha value is -2.61. The second kappa shape index (κ2) is 10.8. The minimum Gasteiger partial charge on any atom is -0.376 e. The van der Waals surface area contributed by atoms with Gasteiger partial charge < -0.3 is 24.4 Å². The third-order valence-electron chi connectivity index (χ3n) is 6.50. The Kier molecular flexibility index (Phi) is 7.63. The fourth-order valence-electron chi connectivity index (χ4n) is 4.37. The molecule has 3 heterocycles. The predicted molar refractivity (Wildman–Crippen MR) is 128 cm³/mol. The summed E-state index contributed by atoms with van der Waals surface area (Å²) in [5, 5.41) is 11.9. The second-order valence-corrected chi connectivity index (χ2v) is 8.95. The van der Waals surface area contributed by atoms with E-state index in [1.54, 1.807) is 0 Å². The zero-order valence-corrected chi connectivity index (χ0v) is 19.8. The summed E-state index contributed by atoms with van der Waals surface area (Å²) in [5.74, 6) is 2.62. The molecule has 0 spiro atoms. The Bertz CT molecular complexity index is 880. The van der Waals surface area contributed by atoms with E-state index in [0.717, 1.165) is 50.1 Å². The molecule has 2 aliphatic rings. The molecule has 1 aromatic carbocycles. The van der Waals surface area contributed by atoms with Crippen LogP contribution >= 0.6 is 0 Å². The van der Waals surface area contributed by atoms with Crippen molar-refractivity contribution in [1.29, 1.82) is 0 Å². The van der Waals surface area contributed by atoms with Gasteiger partial charge in [-0.3, -0.25) is 0 Å². The second-order valence-electron chi connectivity index (χ2n) is 8.95. The zero-order valence-electron chi connectivity index (χ0n) is 19.8. The molecule has 1 unspecified atom stereocenters. The first-order valence-electron chi connectivity index (χ1n) is 11.9. The van der Waals surface area contributed by atoms with Crippen molar-refractivity contribution in [2.24, 2.45) is 12.0 Å². The number of nitrogens with one attached hydrogen (secondary N) is 1. The van der Waals surface area contributed by atoms with Crippen LogP contribution in [-0.4, -0.2) is 65.0 Å². The fourth-order valence-corrected chi connectivity index (χ4v) is 4.37. The topological polar surface area (TPSA) is 70.8 Å². The smallest absolute Gasteiger partial charge is 0.194 e. The van der Waals surface area contributed by atoms with Gasteiger partial charge in [-0.05, 0) is 56.7 Å². The van der Waals surface area contributed by atoms with Crippen molar-refractivity contribution < 1.29 is 4.74 Å². The van der Waals surface area contributed by atoms with Gasteiger partial charge in [-0.1, -0.05) is 12.1 Å².